The van der Waals surface area contributed by atoms with Crippen LogP contribution in [0.25, 0.3) is 0 Å². The van der Waals surface area contributed by atoms with Crippen molar-refractivity contribution < 1.29 is 18.7 Å². The number of carbonyl (C=O) groups excluding carboxylic acids is 2. The second kappa shape index (κ2) is 5.39. The summed E-state index contributed by atoms with van der Waals surface area (Å²) in [6.07, 6.45) is -0.387. The molecule has 0 aliphatic heterocycles. The summed E-state index contributed by atoms with van der Waals surface area (Å²) in [6, 6.07) is 4.86. The van der Waals surface area contributed by atoms with Gasteiger partial charge < -0.3 is 4.74 Å². The Bertz CT molecular complexity index is 413. The van der Waals surface area contributed by atoms with Crippen molar-refractivity contribution in [3.05, 3.63) is 29.3 Å². The van der Waals surface area contributed by atoms with E-state index in [1.165, 1.54) is 7.11 Å². The maximum Gasteiger partial charge on any atom is 0.171 e. The molecule has 0 aliphatic carbocycles. The summed E-state index contributed by atoms with van der Waals surface area (Å²) in [5.41, 5.74) is 1.21. The summed E-state index contributed by atoms with van der Waals surface area (Å²) in [4.78, 5) is 22.3. The van der Waals surface area contributed by atoms with Gasteiger partial charge in [-0.25, -0.2) is 4.39 Å². The number of ketones is 2. The van der Waals surface area contributed by atoms with E-state index >= 15 is 0 Å². The van der Waals surface area contributed by atoms with Crippen molar-refractivity contribution in [2.75, 3.05) is 13.8 Å². The first-order valence-corrected chi connectivity index (χ1v) is 4.84. The molecule has 1 rings (SSSR count). The zero-order chi connectivity index (χ0) is 12.1. The molecule has 0 heterocycles. The first-order valence-electron chi connectivity index (χ1n) is 4.84. The molecule has 1 aromatic carbocycles. The van der Waals surface area contributed by atoms with Crippen molar-refractivity contribution in [1.29, 1.82) is 0 Å². The molecular formula is C12H13FO3. The molecule has 0 bridgehead atoms. The lowest BCUT2D eigenvalue weighted by molar-refractivity contribution is -0.119. The van der Waals surface area contributed by atoms with Gasteiger partial charge in [0.1, 0.15) is 12.4 Å². The number of rotatable bonds is 5. The van der Waals surface area contributed by atoms with Crippen LogP contribution in [-0.4, -0.2) is 25.4 Å². The number of halogens is 1. The quantitative estimate of drug-likeness (QED) is 0.568. The van der Waals surface area contributed by atoms with Crippen LogP contribution >= 0.6 is 0 Å². The number of benzene rings is 1. The van der Waals surface area contributed by atoms with E-state index in [-0.39, 0.29) is 12.2 Å². The number of methoxy groups -OCH3 is 1. The van der Waals surface area contributed by atoms with E-state index in [2.05, 4.69) is 0 Å². The molecule has 0 aromatic heterocycles. The van der Waals surface area contributed by atoms with Crippen LogP contribution in [0.1, 0.15) is 22.3 Å². The predicted molar refractivity (Wildman–Crippen MR) is 57.7 cm³/mol. The van der Waals surface area contributed by atoms with Crippen molar-refractivity contribution in [1.82, 2.24) is 0 Å². The largest absolute Gasteiger partial charge is 0.496 e. The van der Waals surface area contributed by atoms with Crippen LogP contribution in [0, 0.1) is 6.92 Å². The highest BCUT2D eigenvalue weighted by atomic mass is 19.1. The van der Waals surface area contributed by atoms with Crippen LogP contribution in [-0.2, 0) is 4.79 Å². The Morgan fingerprint density at radius 1 is 1.38 bits per heavy atom. The van der Waals surface area contributed by atoms with Gasteiger partial charge in [0.05, 0.1) is 13.5 Å². The molecule has 0 saturated heterocycles. The highest BCUT2D eigenvalue weighted by molar-refractivity contribution is 6.08. The Labute approximate surface area is 93.2 Å². The van der Waals surface area contributed by atoms with Gasteiger partial charge in [-0.1, -0.05) is 0 Å². The molecule has 16 heavy (non-hydrogen) atoms. The Hall–Kier alpha value is -1.71. The van der Waals surface area contributed by atoms with Crippen molar-refractivity contribution in [2.24, 2.45) is 0 Å². The number of ether oxygens (including phenoxy) is 1. The Kier molecular flexibility index (Phi) is 4.17. The number of carbonyl (C=O) groups is 2. The first-order chi connectivity index (χ1) is 7.58. The highest BCUT2D eigenvalue weighted by Gasteiger charge is 2.12. The number of alkyl halides is 1. The molecule has 0 amide bonds. The summed E-state index contributed by atoms with van der Waals surface area (Å²) in [7, 11) is 1.54. The summed E-state index contributed by atoms with van der Waals surface area (Å²) in [5, 5.41) is 0. The van der Waals surface area contributed by atoms with Crippen LogP contribution in [0.4, 0.5) is 4.39 Å². The highest BCUT2D eigenvalue weighted by Crippen LogP contribution is 2.19. The topological polar surface area (TPSA) is 43.4 Å². The molecular weight excluding hydrogens is 211 g/mol. The Balaban J connectivity index is 2.85. The molecule has 0 atom stereocenters. The number of hydrogen-bond acceptors (Lipinski definition) is 3. The molecule has 0 N–H and O–H groups in total. The van der Waals surface area contributed by atoms with E-state index in [1.807, 2.05) is 0 Å². The van der Waals surface area contributed by atoms with Crippen molar-refractivity contribution in [2.45, 2.75) is 13.3 Å². The molecule has 0 unspecified atom stereocenters. The SMILES string of the molecule is COc1ccc(C(=O)CC(=O)CF)cc1C. The van der Waals surface area contributed by atoms with Gasteiger partial charge in [0.25, 0.3) is 0 Å². The van der Waals surface area contributed by atoms with Crippen LogP contribution in [0.5, 0.6) is 5.75 Å². The zero-order valence-corrected chi connectivity index (χ0v) is 9.25. The maximum absolute atomic E-state index is 11.9. The summed E-state index contributed by atoms with van der Waals surface area (Å²) in [5.74, 6) is -0.389. The Morgan fingerprint density at radius 2 is 2.06 bits per heavy atom. The monoisotopic (exact) mass is 224 g/mol. The molecule has 86 valence electrons. The minimum atomic E-state index is -1.10. The van der Waals surface area contributed by atoms with Gasteiger partial charge in [0, 0.05) is 5.56 Å². The standard InChI is InChI=1S/C12H13FO3/c1-8-5-9(3-4-12(8)16-2)11(15)6-10(14)7-13/h3-5H,6-7H2,1-2H3. The maximum atomic E-state index is 11.9. The number of hydrogen-bond donors (Lipinski definition) is 0. The predicted octanol–water partition coefficient (Wildman–Crippen LogP) is 2.12. The van der Waals surface area contributed by atoms with E-state index in [4.69, 9.17) is 4.74 Å². The fraction of sp³-hybridized carbons (Fsp3) is 0.333. The summed E-state index contributed by atoms with van der Waals surface area (Å²) < 4.78 is 17.0. The van der Waals surface area contributed by atoms with Crippen molar-refractivity contribution in [3.63, 3.8) is 0 Å². The normalized spacial score (nSPS) is 9.94. The van der Waals surface area contributed by atoms with Crippen molar-refractivity contribution >= 4 is 11.6 Å². The van der Waals surface area contributed by atoms with E-state index in [9.17, 15) is 14.0 Å². The van der Waals surface area contributed by atoms with Crippen LogP contribution in [0.15, 0.2) is 18.2 Å². The van der Waals surface area contributed by atoms with Crippen LogP contribution < -0.4 is 4.74 Å². The molecule has 3 nitrogen and oxygen atoms in total. The lowest BCUT2D eigenvalue weighted by atomic mass is 10.0. The third kappa shape index (κ3) is 2.89. The molecule has 0 radical (unpaired) electrons. The number of Topliss-reactive ketones (excluding diaryl/α,β-unsaturated/α-hetero) is 2. The first kappa shape index (κ1) is 12.4. The van der Waals surface area contributed by atoms with Crippen molar-refractivity contribution in [3.8, 4) is 5.75 Å². The molecule has 0 aliphatic rings. The van der Waals surface area contributed by atoms with Crippen LogP contribution in [0.2, 0.25) is 0 Å². The minimum absolute atomic E-state index is 0.367. The summed E-state index contributed by atoms with van der Waals surface area (Å²) in [6.45, 7) is 0.702. The van der Waals surface area contributed by atoms with Gasteiger partial charge in [0.2, 0.25) is 0 Å². The average Bonchev–Trinajstić information content (AvgIpc) is 2.28. The third-order valence-corrected chi connectivity index (χ3v) is 2.22. The van der Waals surface area contributed by atoms with Gasteiger partial charge in [0.15, 0.2) is 11.6 Å². The van der Waals surface area contributed by atoms with E-state index in [1.54, 1.807) is 25.1 Å². The van der Waals surface area contributed by atoms with E-state index in [0.29, 0.717) is 11.3 Å². The van der Waals surface area contributed by atoms with Crippen LogP contribution in [0.3, 0.4) is 0 Å². The van der Waals surface area contributed by atoms with Gasteiger partial charge in [-0.2, -0.15) is 0 Å². The van der Waals surface area contributed by atoms with Gasteiger partial charge in [-0.3, -0.25) is 9.59 Å². The fourth-order valence-corrected chi connectivity index (χ4v) is 1.38. The molecule has 0 fully saturated rings. The molecule has 0 spiro atoms. The lowest BCUT2D eigenvalue weighted by Gasteiger charge is -2.06. The lowest BCUT2D eigenvalue weighted by Crippen LogP contribution is -2.09. The average molecular weight is 224 g/mol. The fourth-order valence-electron chi connectivity index (χ4n) is 1.38. The minimum Gasteiger partial charge on any atom is -0.496 e. The van der Waals surface area contributed by atoms with Gasteiger partial charge in [-0.15, -0.1) is 0 Å². The van der Waals surface area contributed by atoms with E-state index in [0.717, 1.165) is 5.56 Å². The number of aryl methyl sites for hydroxylation is 1. The Morgan fingerprint density at radius 3 is 2.56 bits per heavy atom. The second-order valence-corrected chi connectivity index (χ2v) is 3.46. The third-order valence-electron chi connectivity index (χ3n) is 2.22. The summed E-state index contributed by atoms with van der Waals surface area (Å²) >= 11 is 0. The second-order valence-electron chi connectivity index (χ2n) is 3.46. The molecule has 1 aromatic rings. The molecule has 4 heteroatoms. The zero-order valence-electron chi connectivity index (χ0n) is 9.25. The van der Waals surface area contributed by atoms with E-state index < -0.39 is 12.5 Å². The smallest absolute Gasteiger partial charge is 0.171 e. The van der Waals surface area contributed by atoms with Gasteiger partial charge in [-0.05, 0) is 30.7 Å². The van der Waals surface area contributed by atoms with Gasteiger partial charge >= 0.3 is 0 Å². The molecule has 0 saturated carbocycles.